The molecule has 120 valence electrons. The number of nitrogens with one attached hydrogen (secondary N) is 2. The third-order valence-corrected chi connectivity index (χ3v) is 4.10. The molecule has 0 radical (unpaired) electrons. The molecule has 0 saturated carbocycles. The van der Waals surface area contributed by atoms with Gasteiger partial charge in [0.1, 0.15) is 12.4 Å². The lowest BCUT2D eigenvalue weighted by Crippen LogP contribution is -2.47. The van der Waals surface area contributed by atoms with Crippen LogP contribution in [0.1, 0.15) is 23.6 Å². The minimum absolute atomic E-state index is 0.00682. The number of aryl methyl sites for hydroxylation is 1. The maximum Gasteiger partial charge on any atom is 0.315 e. The molecule has 1 aliphatic heterocycles. The largest absolute Gasteiger partial charge is 0.491 e. The van der Waals surface area contributed by atoms with Crippen molar-refractivity contribution in [2.45, 2.75) is 32.4 Å². The summed E-state index contributed by atoms with van der Waals surface area (Å²) in [6, 6.07) is 16.1. The van der Waals surface area contributed by atoms with E-state index < -0.39 is 0 Å². The molecule has 2 amide bonds. The molecule has 1 heterocycles. The number of rotatable bonds is 4. The van der Waals surface area contributed by atoms with Gasteiger partial charge in [0.05, 0.1) is 6.04 Å². The molecule has 0 saturated heterocycles. The van der Waals surface area contributed by atoms with Crippen molar-refractivity contribution >= 4 is 6.03 Å². The summed E-state index contributed by atoms with van der Waals surface area (Å²) in [5, 5.41) is 5.88. The Labute approximate surface area is 136 Å². The lowest BCUT2D eigenvalue weighted by Gasteiger charge is -2.26. The normalized spacial score (nSPS) is 16.1. The zero-order chi connectivity index (χ0) is 16.1. The summed E-state index contributed by atoms with van der Waals surface area (Å²) < 4.78 is 5.68. The van der Waals surface area contributed by atoms with Gasteiger partial charge in [0.25, 0.3) is 0 Å². The van der Waals surface area contributed by atoms with Crippen LogP contribution in [0.2, 0.25) is 0 Å². The van der Waals surface area contributed by atoms with E-state index in [9.17, 15) is 4.79 Å². The van der Waals surface area contributed by atoms with Gasteiger partial charge in [0, 0.05) is 6.54 Å². The summed E-state index contributed by atoms with van der Waals surface area (Å²) in [4.78, 5) is 12.0. The molecular weight excluding hydrogens is 288 g/mol. The van der Waals surface area contributed by atoms with Crippen LogP contribution in [0.25, 0.3) is 0 Å². The van der Waals surface area contributed by atoms with Gasteiger partial charge in [-0.05, 0) is 35.6 Å². The molecule has 23 heavy (non-hydrogen) atoms. The number of benzene rings is 2. The van der Waals surface area contributed by atoms with Crippen LogP contribution in [0, 0.1) is 0 Å². The van der Waals surface area contributed by atoms with Crippen molar-refractivity contribution in [2.75, 3.05) is 6.61 Å². The zero-order valence-corrected chi connectivity index (χ0v) is 13.3. The number of amides is 2. The minimum atomic E-state index is -0.155. The Hall–Kier alpha value is -2.49. The Bertz CT molecular complexity index is 667. The Morgan fingerprint density at radius 1 is 1.13 bits per heavy atom. The highest BCUT2D eigenvalue weighted by atomic mass is 16.5. The van der Waals surface area contributed by atoms with Crippen LogP contribution in [-0.2, 0) is 19.4 Å². The monoisotopic (exact) mass is 310 g/mol. The number of carbonyl (C=O) groups is 1. The van der Waals surface area contributed by atoms with Crippen LogP contribution in [0.4, 0.5) is 4.79 Å². The second kappa shape index (κ2) is 7.18. The van der Waals surface area contributed by atoms with E-state index in [4.69, 9.17) is 4.74 Å². The fourth-order valence-electron chi connectivity index (χ4n) is 2.73. The molecule has 0 bridgehead atoms. The molecule has 2 aromatic rings. The van der Waals surface area contributed by atoms with Gasteiger partial charge in [0.15, 0.2) is 0 Å². The molecule has 3 rings (SSSR count). The van der Waals surface area contributed by atoms with Crippen molar-refractivity contribution in [2.24, 2.45) is 0 Å². The fraction of sp³-hybridized carbons (Fsp3) is 0.316. The molecule has 4 nitrogen and oxygen atoms in total. The molecule has 2 N–H and O–H groups in total. The van der Waals surface area contributed by atoms with Gasteiger partial charge >= 0.3 is 6.03 Å². The zero-order valence-electron chi connectivity index (χ0n) is 13.3. The highest BCUT2D eigenvalue weighted by molar-refractivity contribution is 5.74. The lowest BCUT2D eigenvalue weighted by atomic mass is 10.0. The van der Waals surface area contributed by atoms with Crippen molar-refractivity contribution in [3.05, 3.63) is 65.2 Å². The van der Waals surface area contributed by atoms with E-state index in [2.05, 4.69) is 41.8 Å². The van der Waals surface area contributed by atoms with Gasteiger partial charge in [0.2, 0.25) is 0 Å². The Balaban J connectivity index is 1.48. The average Bonchev–Trinajstić information content (AvgIpc) is 2.60. The quantitative estimate of drug-likeness (QED) is 0.912. The van der Waals surface area contributed by atoms with Crippen molar-refractivity contribution in [1.82, 2.24) is 10.6 Å². The van der Waals surface area contributed by atoms with Crippen LogP contribution in [-0.4, -0.2) is 18.7 Å². The minimum Gasteiger partial charge on any atom is -0.491 e. The summed E-state index contributed by atoms with van der Waals surface area (Å²) in [6.07, 6.45) is 1.83. The second-order valence-electron chi connectivity index (χ2n) is 5.82. The van der Waals surface area contributed by atoms with Crippen molar-refractivity contribution < 1.29 is 9.53 Å². The second-order valence-corrected chi connectivity index (χ2v) is 5.82. The maximum absolute atomic E-state index is 12.0. The molecule has 0 fully saturated rings. The first kappa shape index (κ1) is 15.4. The van der Waals surface area contributed by atoms with Crippen LogP contribution in [0.15, 0.2) is 48.5 Å². The molecule has 1 aliphatic rings. The smallest absolute Gasteiger partial charge is 0.315 e. The van der Waals surface area contributed by atoms with Gasteiger partial charge in [-0.1, -0.05) is 49.4 Å². The third-order valence-electron chi connectivity index (χ3n) is 4.10. The predicted octanol–water partition coefficient (Wildman–Crippen LogP) is 3.05. The maximum atomic E-state index is 12.0. The van der Waals surface area contributed by atoms with Gasteiger partial charge < -0.3 is 15.4 Å². The summed E-state index contributed by atoms with van der Waals surface area (Å²) in [5.74, 6) is 0.918. The number of carbonyl (C=O) groups excluding carboxylic acids is 1. The molecule has 0 aromatic heterocycles. The van der Waals surface area contributed by atoms with Crippen LogP contribution in [0.3, 0.4) is 0 Å². The average molecular weight is 310 g/mol. The molecule has 0 aliphatic carbocycles. The van der Waals surface area contributed by atoms with Gasteiger partial charge in [-0.2, -0.15) is 0 Å². The fourth-order valence-corrected chi connectivity index (χ4v) is 2.73. The summed E-state index contributed by atoms with van der Waals surface area (Å²) >= 11 is 0. The van der Waals surface area contributed by atoms with Gasteiger partial charge in [-0.15, -0.1) is 0 Å². The molecule has 1 unspecified atom stereocenters. The topological polar surface area (TPSA) is 50.4 Å². The summed E-state index contributed by atoms with van der Waals surface area (Å²) in [5.41, 5.74) is 3.54. The molecule has 0 spiro atoms. The number of ether oxygens (including phenoxy) is 1. The van der Waals surface area contributed by atoms with E-state index >= 15 is 0 Å². The number of urea groups is 1. The number of hydrogen-bond acceptors (Lipinski definition) is 2. The third kappa shape index (κ3) is 4.03. The van der Waals surface area contributed by atoms with E-state index in [-0.39, 0.29) is 12.1 Å². The SMILES string of the molecule is CCc1ccc(CNC(=O)NC2COc3ccccc3C2)cc1. The number of fused-ring (bicyclic) bond motifs is 1. The van der Waals surface area contributed by atoms with E-state index in [1.165, 1.54) is 5.56 Å². The van der Waals surface area contributed by atoms with Crippen molar-refractivity contribution in [1.29, 1.82) is 0 Å². The first-order valence-electron chi connectivity index (χ1n) is 8.07. The van der Waals surface area contributed by atoms with E-state index in [1.54, 1.807) is 0 Å². The lowest BCUT2D eigenvalue weighted by molar-refractivity contribution is 0.214. The highest BCUT2D eigenvalue weighted by Gasteiger charge is 2.20. The Kier molecular flexibility index (Phi) is 4.81. The summed E-state index contributed by atoms with van der Waals surface area (Å²) in [6.45, 7) is 3.17. The predicted molar refractivity (Wildman–Crippen MR) is 90.6 cm³/mol. The highest BCUT2D eigenvalue weighted by Crippen LogP contribution is 2.23. The van der Waals surface area contributed by atoms with E-state index in [0.29, 0.717) is 13.2 Å². The van der Waals surface area contributed by atoms with Crippen molar-refractivity contribution in [3.63, 3.8) is 0 Å². The first-order chi connectivity index (χ1) is 11.2. The van der Waals surface area contributed by atoms with E-state index in [0.717, 1.165) is 29.7 Å². The summed E-state index contributed by atoms with van der Waals surface area (Å²) in [7, 11) is 0. The molecular formula is C19H22N2O2. The number of hydrogen-bond donors (Lipinski definition) is 2. The van der Waals surface area contributed by atoms with Gasteiger partial charge in [-0.25, -0.2) is 4.79 Å². The standard InChI is InChI=1S/C19H22N2O2/c1-2-14-7-9-15(10-8-14)12-20-19(22)21-17-11-16-5-3-4-6-18(16)23-13-17/h3-10,17H,2,11-13H2,1H3,(H2,20,21,22). The van der Waals surface area contributed by atoms with Crippen LogP contribution >= 0.6 is 0 Å². The molecule has 4 heteroatoms. The van der Waals surface area contributed by atoms with E-state index in [1.807, 2.05) is 24.3 Å². The number of para-hydroxylation sites is 1. The van der Waals surface area contributed by atoms with Crippen LogP contribution in [0.5, 0.6) is 5.75 Å². The van der Waals surface area contributed by atoms with Crippen molar-refractivity contribution in [3.8, 4) is 5.75 Å². The van der Waals surface area contributed by atoms with Crippen LogP contribution < -0.4 is 15.4 Å². The Morgan fingerprint density at radius 3 is 2.65 bits per heavy atom. The van der Waals surface area contributed by atoms with Gasteiger partial charge in [-0.3, -0.25) is 0 Å². The first-order valence-corrected chi connectivity index (χ1v) is 8.07. The molecule has 2 aromatic carbocycles. The Morgan fingerprint density at radius 2 is 1.87 bits per heavy atom. The molecule has 1 atom stereocenters.